The topological polar surface area (TPSA) is 55.6 Å². The molecule has 0 amide bonds. The number of hydrogen-bond acceptors (Lipinski definition) is 5. The summed E-state index contributed by atoms with van der Waals surface area (Å²) in [6, 6.07) is 15.3. The maximum Gasteiger partial charge on any atom is 0.314 e. The number of aromatic nitrogens is 1. The van der Waals surface area contributed by atoms with Gasteiger partial charge >= 0.3 is 5.97 Å². The standard InChI is InChI=1S/C19H17ClN2O3/c20-14-5-1-3-7-16(14)24-18(23)13-9-11-22(12-10-13)19-21-15-6-2-4-8-17(15)25-19/h1-8,13H,9-12H2. The molecule has 1 aromatic heterocycles. The number of benzene rings is 2. The third-order valence-corrected chi connectivity index (χ3v) is 4.74. The number of hydrogen-bond donors (Lipinski definition) is 0. The highest BCUT2D eigenvalue weighted by Crippen LogP contribution is 2.29. The third-order valence-electron chi connectivity index (χ3n) is 4.43. The molecule has 25 heavy (non-hydrogen) atoms. The first-order valence-corrected chi connectivity index (χ1v) is 8.65. The van der Waals surface area contributed by atoms with Crippen LogP contribution in [0, 0.1) is 5.92 Å². The molecule has 1 aliphatic heterocycles. The highest BCUT2D eigenvalue weighted by Gasteiger charge is 2.28. The molecule has 5 nitrogen and oxygen atoms in total. The smallest absolute Gasteiger partial charge is 0.314 e. The summed E-state index contributed by atoms with van der Waals surface area (Å²) < 4.78 is 11.2. The fourth-order valence-electron chi connectivity index (χ4n) is 3.02. The van der Waals surface area contributed by atoms with Gasteiger partial charge in [0, 0.05) is 13.1 Å². The van der Waals surface area contributed by atoms with Crippen molar-refractivity contribution in [3.05, 3.63) is 53.6 Å². The zero-order valence-electron chi connectivity index (χ0n) is 13.5. The van der Waals surface area contributed by atoms with Crippen molar-refractivity contribution in [2.24, 2.45) is 5.92 Å². The number of anilines is 1. The van der Waals surface area contributed by atoms with Gasteiger partial charge in [-0.15, -0.1) is 0 Å². The molecular formula is C19H17ClN2O3. The Kier molecular flexibility index (Phi) is 4.32. The highest BCUT2D eigenvalue weighted by atomic mass is 35.5. The van der Waals surface area contributed by atoms with Crippen molar-refractivity contribution in [1.82, 2.24) is 4.98 Å². The predicted molar refractivity (Wildman–Crippen MR) is 96.0 cm³/mol. The number of ether oxygens (including phenoxy) is 1. The predicted octanol–water partition coefficient (Wildman–Crippen LogP) is 4.30. The van der Waals surface area contributed by atoms with Gasteiger partial charge in [-0.3, -0.25) is 4.79 Å². The van der Waals surface area contributed by atoms with E-state index in [0.717, 1.165) is 11.1 Å². The number of halogens is 1. The Morgan fingerprint density at radius 3 is 2.60 bits per heavy atom. The second-order valence-electron chi connectivity index (χ2n) is 6.08. The zero-order valence-corrected chi connectivity index (χ0v) is 14.3. The third kappa shape index (κ3) is 3.33. The average Bonchev–Trinajstić information content (AvgIpc) is 3.08. The lowest BCUT2D eigenvalue weighted by molar-refractivity contribution is -0.139. The van der Waals surface area contributed by atoms with Crippen LogP contribution in [0.4, 0.5) is 6.01 Å². The Labute approximate surface area is 150 Å². The number of esters is 1. The molecule has 1 fully saturated rings. The van der Waals surface area contributed by atoms with E-state index in [1.807, 2.05) is 24.3 Å². The summed E-state index contributed by atoms with van der Waals surface area (Å²) in [4.78, 5) is 18.9. The van der Waals surface area contributed by atoms with Gasteiger partial charge in [0.25, 0.3) is 6.01 Å². The van der Waals surface area contributed by atoms with E-state index in [4.69, 9.17) is 20.8 Å². The molecule has 0 atom stereocenters. The lowest BCUT2D eigenvalue weighted by Crippen LogP contribution is -2.37. The van der Waals surface area contributed by atoms with Gasteiger partial charge in [-0.05, 0) is 37.1 Å². The number of oxazole rings is 1. The summed E-state index contributed by atoms with van der Waals surface area (Å²) in [7, 11) is 0. The van der Waals surface area contributed by atoms with Gasteiger partial charge < -0.3 is 14.1 Å². The first-order valence-electron chi connectivity index (χ1n) is 8.27. The molecule has 6 heteroatoms. The Morgan fingerprint density at radius 1 is 1.12 bits per heavy atom. The Hall–Kier alpha value is -2.53. The van der Waals surface area contributed by atoms with Crippen molar-refractivity contribution in [2.45, 2.75) is 12.8 Å². The molecule has 2 heterocycles. The van der Waals surface area contributed by atoms with Crippen molar-refractivity contribution in [1.29, 1.82) is 0 Å². The van der Waals surface area contributed by atoms with Crippen LogP contribution in [0.25, 0.3) is 11.1 Å². The highest BCUT2D eigenvalue weighted by molar-refractivity contribution is 6.32. The molecule has 0 bridgehead atoms. The van der Waals surface area contributed by atoms with Crippen LogP contribution in [-0.4, -0.2) is 24.0 Å². The summed E-state index contributed by atoms with van der Waals surface area (Å²) in [5.41, 5.74) is 1.62. The maximum absolute atomic E-state index is 12.4. The first-order chi connectivity index (χ1) is 12.2. The number of piperidine rings is 1. The molecule has 128 valence electrons. The molecule has 0 radical (unpaired) electrons. The van der Waals surface area contributed by atoms with Crippen molar-refractivity contribution < 1.29 is 13.9 Å². The summed E-state index contributed by atoms with van der Waals surface area (Å²) >= 11 is 6.04. The van der Waals surface area contributed by atoms with Crippen LogP contribution in [0.1, 0.15) is 12.8 Å². The molecule has 0 aliphatic carbocycles. The van der Waals surface area contributed by atoms with Gasteiger partial charge in [-0.25, -0.2) is 0 Å². The van der Waals surface area contributed by atoms with Gasteiger partial charge in [0.15, 0.2) is 5.58 Å². The zero-order chi connectivity index (χ0) is 17.2. The normalized spacial score (nSPS) is 15.5. The van der Waals surface area contributed by atoms with E-state index < -0.39 is 0 Å². The summed E-state index contributed by atoms with van der Waals surface area (Å²) in [6.07, 6.45) is 1.39. The largest absolute Gasteiger partial charge is 0.425 e. The molecule has 1 saturated heterocycles. The van der Waals surface area contributed by atoms with Crippen molar-refractivity contribution >= 4 is 34.7 Å². The summed E-state index contributed by atoms with van der Waals surface area (Å²) in [5.74, 6) is 0.0396. The Balaban J connectivity index is 1.39. The van der Waals surface area contributed by atoms with Crippen LogP contribution in [0.15, 0.2) is 52.9 Å². The van der Waals surface area contributed by atoms with Gasteiger partial charge in [-0.1, -0.05) is 35.9 Å². The fourth-order valence-corrected chi connectivity index (χ4v) is 3.20. The van der Waals surface area contributed by atoms with Crippen LogP contribution in [0.5, 0.6) is 5.75 Å². The summed E-state index contributed by atoms with van der Waals surface area (Å²) in [6.45, 7) is 1.41. The molecule has 0 saturated carbocycles. The van der Waals surface area contributed by atoms with E-state index >= 15 is 0 Å². The van der Waals surface area contributed by atoms with Crippen LogP contribution in [-0.2, 0) is 4.79 Å². The van der Waals surface area contributed by atoms with Crippen LogP contribution in [0.3, 0.4) is 0 Å². The minimum absolute atomic E-state index is 0.142. The van der Waals surface area contributed by atoms with Crippen molar-refractivity contribution in [3.63, 3.8) is 0 Å². The molecular weight excluding hydrogens is 340 g/mol. The van der Waals surface area contributed by atoms with Crippen LogP contribution >= 0.6 is 11.6 Å². The molecule has 0 N–H and O–H groups in total. The van der Waals surface area contributed by atoms with E-state index in [0.29, 0.717) is 42.7 Å². The van der Waals surface area contributed by atoms with E-state index in [9.17, 15) is 4.79 Å². The van der Waals surface area contributed by atoms with Gasteiger partial charge in [-0.2, -0.15) is 4.98 Å². The Bertz CT molecular complexity index is 867. The number of carbonyl (C=O) groups is 1. The van der Waals surface area contributed by atoms with Crippen LogP contribution < -0.4 is 9.64 Å². The first kappa shape index (κ1) is 16.0. The second-order valence-corrected chi connectivity index (χ2v) is 6.48. The number of para-hydroxylation sites is 3. The minimum atomic E-state index is -0.231. The monoisotopic (exact) mass is 356 g/mol. The quantitative estimate of drug-likeness (QED) is 0.517. The number of nitrogens with zero attached hydrogens (tertiary/aromatic N) is 2. The van der Waals surface area contributed by atoms with E-state index in [-0.39, 0.29) is 11.9 Å². The molecule has 4 rings (SSSR count). The van der Waals surface area contributed by atoms with Gasteiger partial charge in [0.05, 0.1) is 10.9 Å². The van der Waals surface area contributed by atoms with E-state index in [2.05, 4.69) is 9.88 Å². The van der Waals surface area contributed by atoms with Gasteiger partial charge in [0.2, 0.25) is 0 Å². The number of carbonyl (C=O) groups excluding carboxylic acids is 1. The van der Waals surface area contributed by atoms with Crippen LogP contribution in [0.2, 0.25) is 5.02 Å². The average molecular weight is 357 g/mol. The summed E-state index contributed by atoms with van der Waals surface area (Å²) in [5, 5.41) is 0.444. The SMILES string of the molecule is O=C(Oc1ccccc1Cl)C1CCN(c2nc3ccccc3o2)CC1. The lowest BCUT2D eigenvalue weighted by atomic mass is 9.97. The van der Waals surface area contributed by atoms with Crippen molar-refractivity contribution in [2.75, 3.05) is 18.0 Å². The lowest BCUT2D eigenvalue weighted by Gasteiger charge is -2.29. The van der Waals surface area contributed by atoms with Crippen molar-refractivity contribution in [3.8, 4) is 5.75 Å². The number of fused-ring (bicyclic) bond motifs is 1. The molecule has 0 unspecified atom stereocenters. The van der Waals surface area contributed by atoms with Gasteiger partial charge in [0.1, 0.15) is 11.3 Å². The number of rotatable bonds is 3. The van der Waals surface area contributed by atoms with E-state index in [1.165, 1.54) is 0 Å². The van der Waals surface area contributed by atoms with E-state index in [1.54, 1.807) is 24.3 Å². The maximum atomic E-state index is 12.4. The fraction of sp³-hybridized carbons (Fsp3) is 0.263. The Morgan fingerprint density at radius 2 is 1.84 bits per heavy atom. The molecule has 3 aromatic rings. The molecule has 0 spiro atoms. The minimum Gasteiger partial charge on any atom is -0.425 e. The molecule has 1 aliphatic rings. The molecule has 2 aromatic carbocycles. The second kappa shape index (κ2) is 6.76.